The first-order valence-corrected chi connectivity index (χ1v) is 19.9. The van der Waals surface area contributed by atoms with E-state index in [1.807, 2.05) is 18.9 Å². The van der Waals surface area contributed by atoms with Gasteiger partial charge in [-0.2, -0.15) is 0 Å². The maximum absolute atomic E-state index is 14.3. The fourth-order valence-corrected chi connectivity index (χ4v) is 8.19. The largest absolute Gasteiger partial charge is 0.514 e. The van der Waals surface area contributed by atoms with Gasteiger partial charge in [0.05, 0.1) is 24.0 Å². The number of esters is 6. The van der Waals surface area contributed by atoms with Crippen LogP contribution < -0.4 is 9.47 Å². The first-order chi connectivity index (χ1) is 27.9. The van der Waals surface area contributed by atoms with E-state index < -0.39 is 101 Å². The summed E-state index contributed by atoms with van der Waals surface area (Å²) in [4.78, 5) is 93.8. The molecule has 1 N–H and O–H groups in total. The molecule has 330 valence electrons. The van der Waals surface area contributed by atoms with E-state index in [4.69, 9.17) is 42.6 Å². The molecule has 2 aliphatic heterocycles. The molecule has 2 aliphatic carbocycles. The second-order valence-corrected chi connectivity index (χ2v) is 17.4. The van der Waals surface area contributed by atoms with Gasteiger partial charge in [0, 0.05) is 31.9 Å². The Morgan fingerprint density at radius 3 is 2.12 bits per heavy atom. The monoisotopic (exact) mass is 845 g/mol. The molecule has 18 nitrogen and oxygen atoms in total. The minimum Gasteiger partial charge on any atom is -0.477 e. The summed E-state index contributed by atoms with van der Waals surface area (Å²) in [7, 11) is 1.90. The van der Waals surface area contributed by atoms with Gasteiger partial charge in [0.25, 0.3) is 0 Å². The van der Waals surface area contributed by atoms with Crippen molar-refractivity contribution in [2.45, 2.75) is 154 Å². The average molecular weight is 846 g/mol. The standard InChI is InChI=1S/C42H55NO17/c1-11-12-19-52-35(47)27(21-29(46)59-39(4,5)6)56-37(49)33(54-23(3)45)32(53-22(2)44)36(48)55-26-15-16-42(51)28-20-24-13-14-25(57-38(50)60-40(7,8)9)31-30(24)41(42,34(26)58-31)17-18-43(28)10/h13-15,27-28,32-34,51H,11-12,16-21H2,1-10H3/t27-,28+,32+,33+,34-,41-,42+/m0/s1. The number of nitrogens with zero attached hydrogens (tertiary/aromatic N) is 1. The van der Waals surface area contributed by atoms with Gasteiger partial charge >= 0.3 is 42.0 Å². The fourth-order valence-electron chi connectivity index (χ4n) is 8.19. The molecule has 5 rings (SSSR count). The van der Waals surface area contributed by atoms with Gasteiger partial charge in [-0.1, -0.05) is 19.4 Å². The summed E-state index contributed by atoms with van der Waals surface area (Å²) in [5.41, 5.74) is -3.20. The van der Waals surface area contributed by atoms with Gasteiger partial charge < -0.3 is 52.6 Å². The summed E-state index contributed by atoms with van der Waals surface area (Å²) in [6.07, 6.45) is -6.39. The Morgan fingerprint density at radius 1 is 0.883 bits per heavy atom. The molecule has 0 radical (unpaired) electrons. The molecule has 18 heteroatoms. The van der Waals surface area contributed by atoms with Gasteiger partial charge in [0.2, 0.25) is 18.3 Å². The number of carbonyl (C=O) groups excluding carboxylic acids is 7. The van der Waals surface area contributed by atoms with Crippen LogP contribution in [-0.4, -0.2) is 119 Å². The number of unbranched alkanes of at least 4 members (excludes halogenated alkanes) is 1. The van der Waals surface area contributed by atoms with E-state index in [1.54, 1.807) is 53.7 Å². The minimum absolute atomic E-state index is 0.00166. The van der Waals surface area contributed by atoms with Gasteiger partial charge in [0.15, 0.2) is 17.6 Å². The highest BCUT2D eigenvalue weighted by molar-refractivity contribution is 5.91. The Balaban J connectivity index is 1.49. The van der Waals surface area contributed by atoms with Crippen molar-refractivity contribution in [3.8, 4) is 11.5 Å². The Hall–Kier alpha value is -5.23. The topological polar surface area (TPSA) is 226 Å². The summed E-state index contributed by atoms with van der Waals surface area (Å²) in [6, 6.07) is 2.94. The molecule has 1 fully saturated rings. The highest BCUT2D eigenvalue weighted by Gasteiger charge is 2.72. The molecule has 1 aromatic rings. The molecule has 7 atom stereocenters. The van der Waals surface area contributed by atoms with Crippen molar-refractivity contribution in [1.29, 1.82) is 0 Å². The van der Waals surface area contributed by atoms with Gasteiger partial charge in [0.1, 0.15) is 17.0 Å². The van der Waals surface area contributed by atoms with E-state index in [0.717, 1.165) is 19.4 Å². The number of rotatable bonds is 14. The maximum atomic E-state index is 14.3. The zero-order valence-electron chi connectivity index (χ0n) is 35.7. The molecule has 0 aromatic heterocycles. The third-order valence-electron chi connectivity index (χ3n) is 10.5. The van der Waals surface area contributed by atoms with Crippen LogP contribution in [0.4, 0.5) is 4.79 Å². The molecule has 1 aromatic carbocycles. The molecular weight excluding hydrogens is 790 g/mol. The lowest BCUT2D eigenvalue weighted by atomic mass is 9.50. The van der Waals surface area contributed by atoms with E-state index in [9.17, 15) is 38.7 Å². The SMILES string of the molecule is CCCCOC(=O)[C@H](CC(=O)OC(C)(C)C)OC(=O)[C@H](OC(C)=O)[C@@H](OC(C)=O)C(=O)OC1=CC[C@@]2(O)[C@H]3Cc4ccc(OC(=O)OC(C)(C)C)c5c4[C@@]2(CCN3C)[C@H]1O5. The maximum Gasteiger partial charge on any atom is 0.514 e. The number of piperidine rings is 1. The van der Waals surface area contributed by atoms with Crippen molar-refractivity contribution in [1.82, 2.24) is 4.90 Å². The molecule has 1 spiro atoms. The Labute approximate surface area is 348 Å². The normalized spacial score (nSPS) is 24.1. The van der Waals surface area contributed by atoms with Gasteiger partial charge in [-0.25, -0.2) is 19.2 Å². The summed E-state index contributed by atoms with van der Waals surface area (Å²) >= 11 is 0. The van der Waals surface area contributed by atoms with Gasteiger partial charge in [-0.15, -0.1) is 0 Å². The van der Waals surface area contributed by atoms with Gasteiger partial charge in [-0.3, -0.25) is 14.4 Å². The molecule has 2 heterocycles. The first-order valence-electron chi connectivity index (χ1n) is 19.9. The summed E-state index contributed by atoms with van der Waals surface area (Å²) < 4.78 is 49.8. The van der Waals surface area contributed by atoms with Crippen LogP contribution in [0, 0.1) is 0 Å². The lowest BCUT2D eigenvalue weighted by molar-refractivity contribution is -0.196. The number of hydrogen-bond acceptors (Lipinski definition) is 18. The van der Waals surface area contributed by atoms with E-state index in [-0.39, 0.29) is 30.3 Å². The zero-order valence-corrected chi connectivity index (χ0v) is 35.7. The zero-order chi connectivity index (χ0) is 44.5. The fraction of sp³-hybridized carbons (Fsp3) is 0.643. The van der Waals surface area contributed by atoms with E-state index in [2.05, 4.69) is 0 Å². The second-order valence-electron chi connectivity index (χ2n) is 17.4. The highest BCUT2D eigenvalue weighted by Crippen LogP contribution is 2.65. The number of carbonyl (C=O) groups is 7. The summed E-state index contributed by atoms with van der Waals surface area (Å²) in [6.45, 7) is 13.9. The third kappa shape index (κ3) is 9.54. The second kappa shape index (κ2) is 17.4. The van der Waals surface area contributed by atoms with E-state index in [1.165, 1.54) is 6.08 Å². The van der Waals surface area contributed by atoms with Crippen molar-refractivity contribution in [3.63, 3.8) is 0 Å². The molecular formula is C42H55NO17. The van der Waals surface area contributed by atoms with Crippen LogP contribution in [0.25, 0.3) is 0 Å². The van der Waals surface area contributed by atoms with Crippen molar-refractivity contribution < 1.29 is 81.3 Å². The van der Waals surface area contributed by atoms with Gasteiger partial charge in [-0.05, 0) is 92.1 Å². The molecule has 2 bridgehead atoms. The van der Waals surface area contributed by atoms with Crippen molar-refractivity contribution in [2.75, 3.05) is 20.2 Å². The number of aliphatic hydroxyl groups is 1. The van der Waals surface area contributed by atoms with Crippen LogP contribution in [0.5, 0.6) is 11.5 Å². The molecule has 0 saturated carbocycles. The number of hydrogen-bond donors (Lipinski definition) is 1. The van der Waals surface area contributed by atoms with Crippen LogP contribution in [0.15, 0.2) is 24.0 Å². The summed E-state index contributed by atoms with van der Waals surface area (Å²) in [5, 5.41) is 12.7. The Bertz CT molecular complexity index is 1930. The van der Waals surface area contributed by atoms with Crippen LogP contribution in [0.3, 0.4) is 0 Å². The predicted octanol–water partition coefficient (Wildman–Crippen LogP) is 3.67. The van der Waals surface area contributed by atoms with Crippen molar-refractivity contribution in [3.05, 3.63) is 35.1 Å². The predicted molar refractivity (Wildman–Crippen MR) is 205 cm³/mol. The van der Waals surface area contributed by atoms with Crippen LogP contribution in [0.2, 0.25) is 0 Å². The Kier molecular flexibility index (Phi) is 13.3. The first kappa shape index (κ1) is 45.8. The quantitative estimate of drug-likeness (QED) is 0.122. The highest BCUT2D eigenvalue weighted by atomic mass is 16.7. The molecule has 0 unspecified atom stereocenters. The number of likely N-dealkylation sites (N-methyl/N-ethyl adjacent to an activating group) is 1. The molecule has 1 saturated heterocycles. The number of likely N-dealkylation sites (tertiary alicyclic amines) is 1. The van der Waals surface area contributed by atoms with Crippen molar-refractivity contribution >= 4 is 42.0 Å². The lowest BCUT2D eigenvalue weighted by Crippen LogP contribution is -2.74. The number of ether oxygens (including phenoxy) is 9. The third-order valence-corrected chi connectivity index (χ3v) is 10.5. The van der Waals surface area contributed by atoms with E-state index >= 15 is 0 Å². The lowest BCUT2D eigenvalue weighted by Gasteiger charge is -2.61. The number of benzene rings is 1. The van der Waals surface area contributed by atoms with Crippen LogP contribution in [0.1, 0.15) is 106 Å². The van der Waals surface area contributed by atoms with Crippen LogP contribution in [-0.2, 0) is 73.8 Å². The molecule has 4 aliphatic rings. The van der Waals surface area contributed by atoms with E-state index in [0.29, 0.717) is 37.8 Å². The minimum atomic E-state index is -2.35. The molecule has 0 amide bonds. The average Bonchev–Trinajstić information content (AvgIpc) is 3.47. The Morgan fingerprint density at radius 2 is 1.52 bits per heavy atom. The summed E-state index contributed by atoms with van der Waals surface area (Å²) in [5.74, 6) is -7.24. The smallest absolute Gasteiger partial charge is 0.477 e. The van der Waals surface area contributed by atoms with Crippen molar-refractivity contribution in [2.24, 2.45) is 0 Å². The molecule has 60 heavy (non-hydrogen) atoms. The van der Waals surface area contributed by atoms with Crippen LogP contribution >= 0.6 is 0 Å².